The zero-order valence-electron chi connectivity index (χ0n) is 26.0. The van der Waals surface area contributed by atoms with Gasteiger partial charge in [0.15, 0.2) is 21.3 Å². The molecule has 48 heavy (non-hydrogen) atoms. The lowest BCUT2D eigenvalue weighted by molar-refractivity contribution is -0.192. The first-order valence-electron chi connectivity index (χ1n) is 13.7. The first kappa shape index (κ1) is 39.3. The highest BCUT2D eigenvalue weighted by Crippen LogP contribution is 2.33. The lowest BCUT2D eigenvalue weighted by Crippen LogP contribution is -2.45. The molecule has 7 N–H and O–H groups in total. The molecule has 3 aromatic rings. The van der Waals surface area contributed by atoms with Gasteiger partial charge in [-0.15, -0.1) is 4.83 Å². The number of sulfonamides is 1. The zero-order valence-corrected chi connectivity index (χ0v) is 27.6. The van der Waals surface area contributed by atoms with Crippen LogP contribution in [-0.4, -0.2) is 64.8 Å². The minimum atomic E-state index is -5.08. The van der Waals surface area contributed by atoms with Crippen molar-refractivity contribution in [2.45, 2.75) is 48.9 Å². The molecule has 1 amide bonds. The Morgan fingerprint density at radius 1 is 0.958 bits per heavy atom. The van der Waals surface area contributed by atoms with E-state index in [1.807, 2.05) is 18.7 Å². The van der Waals surface area contributed by atoms with Crippen LogP contribution in [0.5, 0.6) is 11.5 Å². The molecule has 19 heteroatoms. The number of hydrazine groups is 1. The minimum absolute atomic E-state index is 0.128. The van der Waals surface area contributed by atoms with Crippen molar-refractivity contribution in [3.05, 3.63) is 77.9 Å². The van der Waals surface area contributed by atoms with E-state index >= 15 is 0 Å². The molecule has 0 bridgehead atoms. The molecule has 262 valence electrons. The standard InChI is InChI=1S/C27H33N5O7S2.C2HF3O2/c1-5-38-22-16-19(12-15-21(22)39-17(2)3)25(30-20-13-10-18(11-14-20)26(28)29)27(33)31-32-41(36,37)24-9-7-6-8-23(24)40(4,34)35;3-2(4,5)1(6)7/h6-17,25,30,32H,5H2,1-4H3,(H3,28,29)(H,31,33);(H,6,7). The van der Waals surface area contributed by atoms with Crippen molar-refractivity contribution >= 4 is 43.3 Å². The molecule has 0 aliphatic heterocycles. The van der Waals surface area contributed by atoms with Crippen LogP contribution in [-0.2, 0) is 29.4 Å². The minimum Gasteiger partial charge on any atom is -0.490 e. The molecule has 0 aliphatic rings. The maximum absolute atomic E-state index is 13.5. The smallest absolute Gasteiger partial charge is 0.490 e. The maximum atomic E-state index is 13.5. The second-order valence-electron chi connectivity index (χ2n) is 9.99. The Hall–Kier alpha value is -4.88. The molecule has 0 saturated carbocycles. The number of benzene rings is 3. The number of amidine groups is 1. The molecule has 3 rings (SSSR count). The van der Waals surface area contributed by atoms with E-state index in [0.29, 0.717) is 34.9 Å². The number of aliphatic carboxylic acids is 1. The van der Waals surface area contributed by atoms with Gasteiger partial charge in [-0.05, 0) is 74.9 Å². The number of sulfone groups is 1. The van der Waals surface area contributed by atoms with Gasteiger partial charge in [-0.3, -0.25) is 15.6 Å². The predicted octanol–water partition coefficient (Wildman–Crippen LogP) is 3.36. The van der Waals surface area contributed by atoms with Gasteiger partial charge in [0.1, 0.15) is 16.8 Å². The molecule has 0 aliphatic carbocycles. The van der Waals surface area contributed by atoms with Crippen molar-refractivity contribution in [2.24, 2.45) is 5.73 Å². The Labute approximate surface area is 274 Å². The Balaban J connectivity index is 0.00000103. The summed E-state index contributed by atoms with van der Waals surface area (Å²) >= 11 is 0. The van der Waals surface area contributed by atoms with E-state index in [2.05, 4.69) is 10.7 Å². The first-order valence-corrected chi connectivity index (χ1v) is 17.1. The number of carboxylic acids is 1. The van der Waals surface area contributed by atoms with Gasteiger partial charge >= 0.3 is 12.1 Å². The van der Waals surface area contributed by atoms with Crippen LogP contribution < -0.4 is 30.8 Å². The van der Waals surface area contributed by atoms with E-state index < -0.39 is 53.7 Å². The number of hydrogen-bond donors (Lipinski definition) is 6. The van der Waals surface area contributed by atoms with Crippen molar-refractivity contribution in [1.82, 2.24) is 10.3 Å². The number of halogens is 3. The first-order chi connectivity index (χ1) is 22.2. The van der Waals surface area contributed by atoms with Crippen LogP contribution in [0.25, 0.3) is 0 Å². The summed E-state index contributed by atoms with van der Waals surface area (Å²) in [5.74, 6) is -2.84. The fourth-order valence-electron chi connectivity index (χ4n) is 3.76. The summed E-state index contributed by atoms with van der Waals surface area (Å²) in [6, 6.07) is 15.2. The van der Waals surface area contributed by atoms with E-state index in [1.54, 1.807) is 49.4 Å². The summed E-state index contributed by atoms with van der Waals surface area (Å²) in [5, 5.41) is 17.8. The number of carboxylic acid groups (broad SMARTS) is 1. The van der Waals surface area contributed by atoms with Crippen LogP contribution in [0.15, 0.2) is 76.5 Å². The number of rotatable bonds is 13. The van der Waals surface area contributed by atoms with E-state index in [-0.39, 0.29) is 11.9 Å². The molecule has 0 fully saturated rings. The van der Waals surface area contributed by atoms with Crippen molar-refractivity contribution in [2.75, 3.05) is 18.2 Å². The van der Waals surface area contributed by atoms with Crippen molar-refractivity contribution in [3.63, 3.8) is 0 Å². The monoisotopic (exact) mass is 717 g/mol. The number of hydrogen-bond acceptors (Lipinski definition) is 10. The number of carbonyl (C=O) groups is 2. The highest BCUT2D eigenvalue weighted by Gasteiger charge is 2.38. The van der Waals surface area contributed by atoms with Gasteiger partial charge in [0, 0.05) is 17.5 Å². The Morgan fingerprint density at radius 3 is 2.00 bits per heavy atom. The third-order valence-corrected chi connectivity index (χ3v) is 8.41. The maximum Gasteiger partial charge on any atom is 0.490 e. The largest absolute Gasteiger partial charge is 0.490 e. The van der Waals surface area contributed by atoms with Crippen LogP contribution in [0.4, 0.5) is 18.9 Å². The molecule has 1 unspecified atom stereocenters. The number of nitrogen functional groups attached to an aromatic ring is 1. The highest BCUT2D eigenvalue weighted by molar-refractivity contribution is 7.93. The summed E-state index contributed by atoms with van der Waals surface area (Å²) in [5.41, 5.74) is 9.08. The van der Waals surface area contributed by atoms with Gasteiger partial charge in [0.2, 0.25) is 0 Å². The topological polar surface area (TPSA) is 227 Å². The molecule has 0 aromatic heterocycles. The van der Waals surface area contributed by atoms with E-state index in [9.17, 15) is 34.8 Å². The van der Waals surface area contributed by atoms with E-state index in [1.165, 1.54) is 12.1 Å². The van der Waals surface area contributed by atoms with E-state index in [0.717, 1.165) is 18.4 Å². The number of alkyl halides is 3. The highest BCUT2D eigenvalue weighted by atomic mass is 32.2. The van der Waals surface area contributed by atoms with Crippen LogP contribution in [0, 0.1) is 5.41 Å². The van der Waals surface area contributed by atoms with Crippen molar-refractivity contribution in [3.8, 4) is 11.5 Å². The summed E-state index contributed by atoms with van der Waals surface area (Å²) in [7, 11) is -8.36. The van der Waals surface area contributed by atoms with Gasteiger partial charge in [-0.1, -0.05) is 18.2 Å². The number of amides is 1. The number of anilines is 1. The molecule has 0 spiro atoms. The zero-order chi connectivity index (χ0) is 36.4. The van der Waals surface area contributed by atoms with Crippen LogP contribution in [0.1, 0.15) is 37.9 Å². The SMILES string of the molecule is CCOc1cc(C(Nc2ccc(C(=N)N)cc2)C(=O)NNS(=O)(=O)c2ccccc2S(C)(=O)=O)ccc1OC(C)C.O=C(O)C(F)(F)F. The molecular weight excluding hydrogens is 683 g/mol. The molecule has 1 atom stereocenters. The van der Waals surface area contributed by atoms with Crippen LogP contribution in [0.2, 0.25) is 0 Å². The number of ether oxygens (including phenoxy) is 2. The van der Waals surface area contributed by atoms with Gasteiger partial charge in [0.25, 0.3) is 15.9 Å². The average molecular weight is 718 g/mol. The van der Waals surface area contributed by atoms with Crippen molar-refractivity contribution in [1.29, 1.82) is 5.41 Å². The van der Waals surface area contributed by atoms with Crippen LogP contribution >= 0.6 is 0 Å². The van der Waals surface area contributed by atoms with Gasteiger partial charge in [-0.2, -0.15) is 13.2 Å². The molecule has 3 aromatic carbocycles. The average Bonchev–Trinajstić information content (AvgIpc) is 2.99. The predicted molar refractivity (Wildman–Crippen MR) is 169 cm³/mol. The third-order valence-electron chi connectivity index (χ3n) is 5.82. The quantitative estimate of drug-likeness (QED) is 0.0854. The summed E-state index contributed by atoms with van der Waals surface area (Å²) < 4.78 is 93.6. The Bertz CT molecular complexity index is 1840. The number of nitrogens with two attached hydrogens (primary N) is 1. The lowest BCUT2D eigenvalue weighted by Gasteiger charge is -2.22. The van der Waals surface area contributed by atoms with Crippen LogP contribution in [0.3, 0.4) is 0 Å². The molecule has 0 saturated heterocycles. The van der Waals surface area contributed by atoms with Crippen molar-refractivity contribution < 1.29 is 54.2 Å². The second kappa shape index (κ2) is 16.3. The lowest BCUT2D eigenvalue weighted by atomic mass is 10.0. The van der Waals surface area contributed by atoms with Gasteiger partial charge in [-0.25, -0.2) is 21.6 Å². The summed E-state index contributed by atoms with van der Waals surface area (Å²) in [6.45, 7) is 5.85. The molecule has 0 heterocycles. The summed E-state index contributed by atoms with van der Waals surface area (Å²) in [4.78, 5) is 23.4. The Kier molecular flexibility index (Phi) is 13.3. The normalized spacial score (nSPS) is 12.2. The fourth-order valence-corrected chi connectivity index (χ4v) is 6.24. The summed E-state index contributed by atoms with van der Waals surface area (Å²) in [6.07, 6.45) is -4.33. The van der Waals surface area contributed by atoms with E-state index in [4.69, 9.17) is 30.5 Å². The fraction of sp³-hybridized carbons (Fsp3) is 0.276. The number of nitrogens with one attached hydrogen (secondary N) is 4. The Morgan fingerprint density at radius 2 is 1.52 bits per heavy atom. The van der Waals surface area contributed by atoms with Gasteiger partial charge < -0.3 is 25.6 Å². The molecule has 14 nitrogen and oxygen atoms in total. The third kappa shape index (κ3) is 11.4. The van der Waals surface area contributed by atoms with Gasteiger partial charge in [0.05, 0.1) is 17.6 Å². The molecule has 0 radical (unpaired) electrons. The number of carbonyl (C=O) groups excluding carboxylic acids is 1. The second-order valence-corrected chi connectivity index (χ2v) is 13.6. The molecular formula is C29H34F3N5O9S2.